The number of hydrogen-bond donors (Lipinski definition) is 3. The zero-order valence-electron chi connectivity index (χ0n) is 11.1. The standard InChI is InChI=1S/C12H11N7O2S/c13-10-5-4-7(6-15-10)8-2-1-3-9(22(14,20)21)11(8)12-16-18-19-17-12/h1-6H,(H2,13,15)(H2,14,20,21)(H,16,17,18,19). The van der Waals surface area contributed by atoms with Crippen molar-refractivity contribution in [3.63, 3.8) is 0 Å². The van der Waals surface area contributed by atoms with Crippen molar-refractivity contribution in [3.05, 3.63) is 36.5 Å². The Hall–Kier alpha value is -2.85. The third kappa shape index (κ3) is 2.52. The van der Waals surface area contributed by atoms with E-state index >= 15 is 0 Å². The van der Waals surface area contributed by atoms with Gasteiger partial charge in [-0.15, -0.1) is 10.2 Å². The second-order valence-corrected chi connectivity index (χ2v) is 5.96. The van der Waals surface area contributed by atoms with E-state index < -0.39 is 10.0 Å². The van der Waals surface area contributed by atoms with Gasteiger partial charge in [-0.25, -0.2) is 18.5 Å². The molecule has 22 heavy (non-hydrogen) atoms. The highest BCUT2D eigenvalue weighted by Crippen LogP contribution is 2.34. The lowest BCUT2D eigenvalue weighted by Gasteiger charge is -2.11. The second-order valence-electron chi connectivity index (χ2n) is 4.43. The average Bonchev–Trinajstić information content (AvgIpc) is 3.00. The van der Waals surface area contributed by atoms with Gasteiger partial charge in [-0.05, 0) is 29.0 Å². The molecule has 3 aromatic rings. The predicted octanol–water partition coefficient (Wildman–Crippen LogP) is 0.158. The van der Waals surface area contributed by atoms with Gasteiger partial charge >= 0.3 is 0 Å². The molecule has 9 nitrogen and oxygen atoms in total. The number of anilines is 1. The van der Waals surface area contributed by atoms with Gasteiger partial charge in [0, 0.05) is 11.8 Å². The highest BCUT2D eigenvalue weighted by molar-refractivity contribution is 7.89. The summed E-state index contributed by atoms with van der Waals surface area (Å²) in [5, 5.41) is 18.7. The van der Waals surface area contributed by atoms with Crippen LogP contribution in [0.2, 0.25) is 0 Å². The second kappa shape index (κ2) is 5.16. The van der Waals surface area contributed by atoms with Gasteiger partial charge in [0.25, 0.3) is 0 Å². The average molecular weight is 317 g/mol. The molecule has 0 saturated carbocycles. The van der Waals surface area contributed by atoms with Crippen LogP contribution < -0.4 is 10.9 Å². The summed E-state index contributed by atoms with van der Waals surface area (Å²) < 4.78 is 23.7. The number of tetrazole rings is 1. The summed E-state index contributed by atoms with van der Waals surface area (Å²) >= 11 is 0. The van der Waals surface area contributed by atoms with E-state index in [1.165, 1.54) is 12.3 Å². The molecule has 0 radical (unpaired) electrons. The normalized spacial score (nSPS) is 11.5. The molecule has 3 rings (SSSR count). The number of nitrogen functional groups attached to an aromatic ring is 1. The molecule has 0 fully saturated rings. The summed E-state index contributed by atoms with van der Waals surface area (Å²) in [7, 11) is -3.96. The molecular weight excluding hydrogens is 306 g/mol. The minimum absolute atomic E-state index is 0.0942. The molecule has 0 saturated heterocycles. The molecule has 0 bridgehead atoms. The van der Waals surface area contributed by atoms with Crippen LogP contribution in [0, 0.1) is 0 Å². The van der Waals surface area contributed by atoms with E-state index in [0.29, 0.717) is 16.9 Å². The van der Waals surface area contributed by atoms with Crippen LogP contribution in [0.4, 0.5) is 5.82 Å². The highest BCUT2D eigenvalue weighted by atomic mass is 32.2. The number of sulfonamides is 1. The fourth-order valence-electron chi connectivity index (χ4n) is 2.07. The number of pyridine rings is 1. The quantitative estimate of drug-likeness (QED) is 0.621. The molecule has 5 N–H and O–H groups in total. The number of aromatic nitrogens is 5. The zero-order valence-corrected chi connectivity index (χ0v) is 11.9. The van der Waals surface area contributed by atoms with Gasteiger partial charge in [-0.1, -0.05) is 12.1 Å². The molecule has 2 aromatic heterocycles. The van der Waals surface area contributed by atoms with E-state index in [0.717, 1.165) is 0 Å². The van der Waals surface area contributed by atoms with Crippen LogP contribution in [0.25, 0.3) is 22.5 Å². The number of hydrogen-bond acceptors (Lipinski definition) is 7. The lowest BCUT2D eigenvalue weighted by atomic mass is 10.0. The first-order valence-electron chi connectivity index (χ1n) is 6.08. The van der Waals surface area contributed by atoms with E-state index in [4.69, 9.17) is 10.9 Å². The van der Waals surface area contributed by atoms with E-state index in [1.54, 1.807) is 24.3 Å². The van der Waals surface area contributed by atoms with E-state index in [9.17, 15) is 8.42 Å². The molecule has 2 heterocycles. The zero-order chi connectivity index (χ0) is 15.7. The number of nitrogens with zero attached hydrogens (tertiary/aromatic N) is 4. The molecule has 0 spiro atoms. The Balaban J connectivity index is 2.34. The fraction of sp³-hybridized carbons (Fsp3) is 0. The smallest absolute Gasteiger partial charge is 0.238 e. The van der Waals surface area contributed by atoms with Gasteiger partial charge < -0.3 is 5.73 Å². The minimum atomic E-state index is -3.96. The first-order valence-corrected chi connectivity index (χ1v) is 7.63. The maximum atomic E-state index is 11.8. The Morgan fingerprint density at radius 1 is 1.14 bits per heavy atom. The number of rotatable bonds is 3. The summed E-state index contributed by atoms with van der Waals surface area (Å²) in [5.41, 5.74) is 7.03. The van der Waals surface area contributed by atoms with Crippen molar-refractivity contribution in [1.82, 2.24) is 25.6 Å². The molecule has 0 unspecified atom stereocenters. The highest BCUT2D eigenvalue weighted by Gasteiger charge is 2.22. The van der Waals surface area contributed by atoms with Gasteiger partial charge in [-0.3, -0.25) is 0 Å². The Kier molecular flexibility index (Phi) is 3.31. The van der Waals surface area contributed by atoms with E-state index in [1.807, 2.05) is 0 Å². The van der Waals surface area contributed by atoms with Crippen LogP contribution in [0.5, 0.6) is 0 Å². The van der Waals surface area contributed by atoms with Crippen molar-refractivity contribution >= 4 is 15.8 Å². The summed E-state index contributed by atoms with van der Waals surface area (Å²) in [4.78, 5) is 3.91. The van der Waals surface area contributed by atoms with Crippen molar-refractivity contribution in [3.8, 4) is 22.5 Å². The van der Waals surface area contributed by atoms with Crippen LogP contribution in [0.15, 0.2) is 41.4 Å². The molecule has 10 heteroatoms. The number of nitrogens with one attached hydrogen (secondary N) is 1. The summed E-state index contributed by atoms with van der Waals surface area (Å²) in [6, 6.07) is 8.00. The summed E-state index contributed by atoms with van der Waals surface area (Å²) in [6.07, 6.45) is 1.53. The van der Waals surface area contributed by atoms with Crippen molar-refractivity contribution in [2.45, 2.75) is 4.90 Å². The first kappa shape index (κ1) is 14.1. The van der Waals surface area contributed by atoms with Crippen molar-refractivity contribution in [2.24, 2.45) is 5.14 Å². The monoisotopic (exact) mass is 317 g/mol. The van der Waals surface area contributed by atoms with Crippen molar-refractivity contribution in [2.75, 3.05) is 5.73 Å². The third-order valence-electron chi connectivity index (χ3n) is 3.00. The van der Waals surface area contributed by atoms with Gasteiger partial charge in [0.05, 0.1) is 10.5 Å². The lowest BCUT2D eigenvalue weighted by molar-refractivity contribution is 0.598. The number of benzene rings is 1. The minimum Gasteiger partial charge on any atom is -0.384 e. The molecule has 0 amide bonds. The molecule has 112 valence electrons. The topological polar surface area (TPSA) is 154 Å². The predicted molar refractivity (Wildman–Crippen MR) is 78.6 cm³/mol. The molecule has 0 atom stereocenters. The van der Waals surface area contributed by atoms with Crippen LogP contribution in [-0.4, -0.2) is 34.0 Å². The Bertz CT molecular complexity index is 905. The SMILES string of the molecule is Nc1ccc(-c2cccc(S(N)(=O)=O)c2-c2nn[nH]n2)cn1. The van der Waals surface area contributed by atoms with Gasteiger partial charge in [0.15, 0.2) is 0 Å². The van der Waals surface area contributed by atoms with Crippen LogP contribution in [0.3, 0.4) is 0 Å². The van der Waals surface area contributed by atoms with Crippen LogP contribution in [-0.2, 0) is 10.0 Å². The number of aromatic amines is 1. The molecule has 0 aliphatic heterocycles. The Labute approximate surface area is 125 Å². The molecule has 0 aliphatic carbocycles. The van der Waals surface area contributed by atoms with Gasteiger partial charge in [0.2, 0.25) is 15.8 Å². The van der Waals surface area contributed by atoms with E-state index in [-0.39, 0.29) is 16.3 Å². The molecule has 1 aromatic carbocycles. The van der Waals surface area contributed by atoms with Gasteiger partial charge in [0.1, 0.15) is 5.82 Å². The third-order valence-corrected chi connectivity index (χ3v) is 3.95. The molecular formula is C12H11N7O2S. The molecule has 0 aliphatic rings. The largest absolute Gasteiger partial charge is 0.384 e. The Morgan fingerprint density at radius 2 is 1.95 bits per heavy atom. The first-order chi connectivity index (χ1) is 10.5. The van der Waals surface area contributed by atoms with Crippen LogP contribution in [0.1, 0.15) is 0 Å². The van der Waals surface area contributed by atoms with E-state index in [2.05, 4.69) is 25.6 Å². The maximum Gasteiger partial charge on any atom is 0.238 e. The van der Waals surface area contributed by atoms with Crippen LogP contribution >= 0.6 is 0 Å². The number of H-pyrrole nitrogens is 1. The van der Waals surface area contributed by atoms with Gasteiger partial charge in [-0.2, -0.15) is 5.21 Å². The summed E-state index contributed by atoms with van der Waals surface area (Å²) in [6.45, 7) is 0. The van der Waals surface area contributed by atoms with Crippen molar-refractivity contribution < 1.29 is 8.42 Å². The van der Waals surface area contributed by atoms with Crippen molar-refractivity contribution in [1.29, 1.82) is 0 Å². The number of nitrogens with two attached hydrogens (primary N) is 2. The Morgan fingerprint density at radius 3 is 2.55 bits per heavy atom. The fourth-order valence-corrected chi connectivity index (χ4v) is 2.83. The maximum absolute atomic E-state index is 11.8. The summed E-state index contributed by atoms with van der Waals surface area (Å²) in [5.74, 6) is 0.476. The number of primary sulfonamides is 1. The lowest BCUT2D eigenvalue weighted by Crippen LogP contribution is -2.14.